The summed E-state index contributed by atoms with van der Waals surface area (Å²) in [6.07, 6.45) is 3.88. The molecule has 4 nitrogen and oxygen atoms in total. The number of benzene rings is 1. The highest BCUT2D eigenvalue weighted by Gasteiger charge is 2.10. The highest BCUT2D eigenvalue weighted by atomic mass is 15.1. The lowest BCUT2D eigenvalue weighted by Crippen LogP contribution is -2.29. The number of hydrogen-bond donors (Lipinski definition) is 0. The molecule has 92 valence electrons. The van der Waals surface area contributed by atoms with Gasteiger partial charge in [0.25, 0.3) is 0 Å². The average molecular weight is 240 g/mol. The monoisotopic (exact) mass is 240 g/mol. The van der Waals surface area contributed by atoms with Crippen LogP contribution in [0.3, 0.4) is 0 Å². The molecular weight excluding hydrogens is 224 g/mol. The van der Waals surface area contributed by atoms with Crippen LogP contribution in [0.1, 0.15) is 24.8 Å². The van der Waals surface area contributed by atoms with E-state index in [-0.39, 0.29) is 6.54 Å². The Hall–Kier alpha value is -2.11. The van der Waals surface area contributed by atoms with Crippen molar-refractivity contribution in [1.29, 1.82) is 0 Å². The summed E-state index contributed by atoms with van der Waals surface area (Å²) in [4.78, 5) is 5.08. The Morgan fingerprint density at radius 3 is 2.89 bits per heavy atom. The van der Waals surface area contributed by atoms with E-state index in [1.165, 1.54) is 24.9 Å². The van der Waals surface area contributed by atoms with Gasteiger partial charge in [0.15, 0.2) is 0 Å². The summed E-state index contributed by atoms with van der Waals surface area (Å²) in [5, 5.41) is 3.40. The first-order valence-corrected chi connectivity index (χ1v) is 6.25. The zero-order valence-corrected chi connectivity index (χ0v) is 10.3. The molecular formula is C14H16N4. The second-order valence-corrected chi connectivity index (χ2v) is 4.29. The molecule has 0 amide bonds. The predicted molar refractivity (Wildman–Crippen MR) is 73.4 cm³/mol. The topological polar surface area (TPSA) is 52.0 Å². The zero-order chi connectivity index (χ0) is 12.6. The quantitative estimate of drug-likeness (QED) is 0.338. The fraction of sp³-hybridized carbons (Fsp3) is 0.429. The fourth-order valence-electron chi connectivity index (χ4n) is 2.14. The summed E-state index contributed by atoms with van der Waals surface area (Å²) in [5.74, 6) is 5.86. The van der Waals surface area contributed by atoms with Gasteiger partial charge >= 0.3 is 0 Å². The van der Waals surface area contributed by atoms with Gasteiger partial charge in [-0.05, 0) is 43.0 Å². The van der Waals surface area contributed by atoms with Crippen LogP contribution in [0.2, 0.25) is 0 Å². The Balaban J connectivity index is 2.08. The average Bonchev–Trinajstić information content (AvgIpc) is 2.45. The van der Waals surface area contributed by atoms with Gasteiger partial charge in [0.2, 0.25) is 0 Å². The van der Waals surface area contributed by atoms with Crippen LogP contribution in [0, 0.1) is 11.8 Å². The van der Waals surface area contributed by atoms with Gasteiger partial charge in [-0.15, -0.1) is 0 Å². The molecule has 1 aliphatic rings. The van der Waals surface area contributed by atoms with Crippen molar-refractivity contribution >= 4 is 5.69 Å². The number of nitrogens with zero attached hydrogens (tertiary/aromatic N) is 4. The second kappa shape index (κ2) is 6.58. The Morgan fingerprint density at radius 1 is 1.28 bits per heavy atom. The number of anilines is 1. The maximum atomic E-state index is 8.16. The molecule has 1 aromatic carbocycles. The van der Waals surface area contributed by atoms with E-state index in [4.69, 9.17) is 5.53 Å². The lowest BCUT2D eigenvalue weighted by atomic mass is 10.1. The normalized spacial score (nSPS) is 14.3. The molecule has 0 aliphatic carbocycles. The molecule has 1 heterocycles. The molecule has 1 fully saturated rings. The molecule has 2 rings (SSSR count). The molecule has 0 radical (unpaired) electrons. The van der Waals surface area contributed by atoms with Crippen LogP contribution in [-0.2, 0) is 0 Å². The third kappa shape index (κ3) is 3.44. The van der Waals surface area contributed by atoms with E-state index in [1.54, 1.807) is 0 Å². The summed E-state index contributed by atoms with van der Waals surface area (Å²) in [6, 6.07) is 8.25. The van der Waals surface area contributed by atoms with Crippen molar-refractivity contribution in [2.24, 2.45) is 5.11 Å². The van der Waals surface area contributed by atoms with Crippen molar-refractivity contribution in [3.05, 3.63) is 40.3 Å². The van der Waals surface area contributed by atoms with Crippen molar-refractivity contribution in [2.75, 3.05) is 24.5 Å². The summed E-state index contributed by atoms with van der Waals surface area (Å²) in [7, 11) is 0. The first-order valence-electron chi connectivity index (χ1n) is 6.25. The number of hydrogen-bond acceptors (Lipinski definition) is 2. The SMILES string of the molecule is [N-]=[N+]=NCC#Cc1cccc(N2CCCCC2)c1. The fourth-order valence-corrected chi connectivity index (χ4v) is 2.14. The van der Waals surface area contributed by atoms with E-state index in [2.05, 4.69) is 38.9 Å². The highest BCUT2D eigenvalue weighted by Crippen LogP contribution is 2.20. The molecule has 1 aliphatic heterocycles. The van der Waals surface area contributed by atoms with Crippen molar-refractivity contribution in [2.45, 2.75) is 19.3 Å². The Morgan fingerprint density at radius 2 is 2.11 bits per heavy atom. The lowest BCUT2D eigenvalue weighted by molar-refractivity contribution is 0.578. The molecule has 0 aromatic heterocycles. The van der Waals surface area contributed by atoms with Gasteiger partial charge in [0, 0.05) is 29.3 Å². The van der Waals surface area contributed by atoms with Crippen LogP contribution >= 0.6 is 0 Å². The van der Waals surface area contributed by atoms with Crippen LogP contribution in [0.15, 0.2) is 29.4 Å². The molecule has 0 N–H and O–H groups in total. The summed E-state index contributed by atoms with van der Waals surface area (Å²) in [5.41, 5.74) is 10.4. The van der Waals surface area contributed by atoms with Gasteiger partial charge in [0.1, 0.15) is 0 Å². The molecule has 0 unspecified atom stereocenters. The Labute approximate surface area is 107 Å². The molecule has 0 bridgehead atoms. The molecule has 4 heteroatoms. The third-order valence-electron chi connectivity index (χ3n) is 3.01. The number of rotatable bonds is 2. The van der Waals surface area contributed by atoms with E-state index in [0.29, 0.717) is 0 Å². The van der Waals surface area contributed by atoms with E-state index in [1.807, 2.05) is 12.1 Å². The van der Waals surface area contributed by atoms with Gasteiger partial charge < -0.3 is 4.90 Å². The van der Waals surface area contributed by atoms with Crippen LogP contribution in [0.5, 0.6) is 0 Å². The van der Waals surface area contributed by atoms with E-state index in [0.717, 1.165) is 18.7 Å². The van der Waals surface area contributed by atoms with Gasteiger partial charge in [-0.1, -0.05) is 23.0 Å². The first-order chi connectivity index (χ1) is 8.90. The Kier molecular flexibility index (Phi) is 4.52. The molecule has 1 aromatic rings. The van der Waals surface area contributed by atoms with Gasteiger partial charge in [-0.3, -0.25) is 0 Å². The maximum absolute atomic E-state index is 8.16. The van der Waals surface area contributed by atoms with Crippen molar-refractivity contribution in [1.82, 2.24) is 0 Å². The van der Waals surface area contributed by atoms with Gasteiger partial charge in [0.05, 0.1) is 6.54 Å². The van der Waals surface area contributed by atoms with Crippen molar-refractivity contribution in [3.63, 3.8) is 0 Å². The largest absolute Gasteiger partial charge is 0.372 e. The smallest absolute Gasteiger partial charge is 0.0880 e. The van der Waals surface area contributed by atoms with Crippen molar-refractivity contribution < 1.29 is 0 Å². The molecule has 0 spiro atoms. The number of azide groups is 1. The summed E-state index contributed by atoms with van der Waals surface area (Å²) >= 11 is 0. The highest BCUT2D eigenvalue weighted by molar-refractivity contribution is 5.52. The second-order valence-electron chi connectivity index (χ2n) is 4.29. The first kappa shape index (κ1) is 12.3. The standard InChI is InChI=1S/C14H16N4/c15-17-16-9-5-7-13-6-4-8-14(12-13)18-10-2-1-3-11-18/h4,6,8,12H,1-3,9-11H2. The minimum atomic E-state index is 0.227. The summed E-state index contributed by atoms with van der Waals surface area (Å²) in [6.45, 7) is 2.50. The maximum Gasteiger partial charge on any atom is 0.0880 e. The molecule has 18 heavy (non-hydrogen) atoms. The minimum absolute atomic E-state index is 0.227. The van der Waals surface area contributed by atoms with Crippen LogP contribution in [0.25, 0.3) is 10.4 Å². The minimum Gasteiger partial charge on any atom is -0.372 e. The van der Waals surface area contributed by atoms with Crippen molar-refractivity contribution in [3.8, 4) is 11.8 Å². The van der Waals surface area contributed by atoms with Crippen LogP contribution in [-0.4, -0.2) is 19.6 Å². The van der Waals surface area contributed by atoms with Gasteiger partial charge in [-0.2, -0.15) is 0 Å². The van der Waals surface area contributed by atoms with Gasteiger partial charge in [-0.25, -0.2) is 0 Å². The predicted octanol–water partition coefficient (Wildman–Crippen LogP) is 3.34. The summed E-state index contributed by atoms with van der Waals surface area (Å²) < 4.78 is 0. The zero-order valence-electron chi connectivity index (χ0n) is 10.3. The molecule has 0 saturated carbocycles. The van der Waals surface area contributed by atoms with Crippen LogP contribution in [0.4, 0.5) is 5.69 Å². The van der Waals surface area contributed by atoms with E-state index < -0.39 is 0 Å². The lowest BCUT2D eigenvalue weighted by Gasteiger charge is -2.28. The molecule has 0 atom stereocenters. The van der Waals surface area contributed by atoms with E-state index >= 15 is 0 Å². The Bertz CT molecular complexity index is 500. The van der Waals surface area contributed by atoms with Crippen LogP contribution < -0.4 is 4.90 Å². The third-order valence-corrected chi connectivity index (χ3v) is 3.01. The molecule has 1 saturated heterocycles. The number of piperidine rings is 1. The van der Waals surface area contributed by atoms with E-state index in [9.17, 15) is 0 Å².